The number of nitrogens with zero attached hydrogens (tertiary/aromatic N) is 2. The van der Waals surface area contributed by atoms with Crippen LogP contribution in [0.4, 0.5) is 4.39 Å². The van der Waals surface area contributed by atoms with E-state index >= 15 is 0 Å². The first kappa shape index (κ1) is 16.3. The molecule has 0 aliphatic carbocycles. The maximum Gasteiger partial charge on any atom is 0.331 e. The summed E-state index contributed by atoms with van der Waals surface area (Å²) in [4.78, 5) is 23.0. The molecule has 24 heavy (non-hydrogen) atoms. The van der Waals surface area contributed by atoms with Crippen molar-refractivity contribution in [2.75, 3.05) is 7.11 Å². The van der Waals surface area contributed by atoms with Crippen molar-refractivity contribution in [3.05, 3.63) is 45.9 Å². The molecular formula is C15H10FN3O3S2. The average Bonchev–Trinajstić information content (AvgIpc) is 3.16. The fourth-order valence-electron chi connectivity index (χ4n) is 1.95. The van der Waals surface area contributed by atoms with Crippen molar-refractivity contribution in [2.24, 2.45) is 10.2 Å². The number of benzene rings is 1. The van der Waals surface area contributed by atoms with Crippen LogP contribution in [0.15, 0.2) is 44.8 Å². The second-order valence-electron chi connectivity index (χ2n) is 4.53. The van der Waals surface area contributed by atoms with Crippen molar-refractivity contribution in [1.29, 1.82) is 0 Å². The Morgan fingerprint density at radius 2 is 2.21 bits per heavy atom. The first-order valence-corrected chi connectivity index (χ1v) is 8.33. The van der Waals surface area contributed by atoms with Gasteiger partial charge in [0.2, 0.25) is 0 Å². The largest absolute Gasteiger partial charge is 0.466 e. The lowest BCUT2D eigenvalue weighted by atomic mass is 10.1. The van der Waals surface area contributed by atoms with E-state index in [1.54, 1.807) is 12.1 Å². The number of hydrogen-bond acceptors (Lipinski definition) is 7. The smallest absolute Gasteiger partial charge is 0.331 e. The predicted octanol–water partition coefficient (Wildman–Crippen LogP) is 2.65. The number of halogens is 1. The summed E-state index contributed by atoms with van der Waals surface area (Å²) in [6.07, 6.45) is 2.37. The lowest BCUT2D eigenvalue weighted by molar-refractivity contribution is -0.135. The Hall–Kier alpha value is -2.52. The summed E-state index contributed by atoms with van der Waals surface area (Å²) in [5, 5.41) is 12.9. The standard InChI is InChI=1S/C15H10FN3O3S2/c1-22-13(20)6-12-14(21)18-15(24-12)19-17-7-9-8-4-5-23-11(8)3-2-10(9)16/h2-7H,1H3,(H,18,19,21)/b12-6+,17-7?. The molecule has 0 atom stereocenters. The van der Waals surface area contributed by atoms with Crippen molar-refractivity contribution in [3.63, 3.8) is 0 Å². The van der Waals surface area contributed by atoms with Crippen LogP contribution in [0.25, 0.3) is 10.1 Å². The van der Waals surface area contributed by atoms with Crippen molar-refractivity contribution < 1.29 is 18.7 Å². The first-order chi connectivity index (χ1) is 11.6. The van der Waals surface area contributed by atoms with Crippen LogP contribution in [0.2, 0.25) is 0 Å². The molecule has 0 saturated carbocycles. The molecule has 2 aromatic rings. The number of thioether (sulfide) groups is 1. The molecule has 0 spiro atoms. The molecule has 1 amide bonds. The molecule has 1 saturated heterocycles. The molecule has 1 aromatic carbocycles. The number of thiophene rings is 1. The number of nitrogens with one attached hydrogen (secondary N) is 1. The Morgan fingerprint density at radius 1 is 1.38 bits per heavy atom. The van der Waals surface area contributed by atoms with Crippen LogP contribution in [-0.4, -0.2) is 30.4 Å². The molecule has 1 aliphatic rings. The molecule has 6 nitrogen and oxygen atoms in total. The van der Waals surface area contributed by atoms with Crippen LogP contribution < -0.4 is 5.32 Å². The number of amides is 1. The van der Waals surface area contributed by atoms with E-state index in [9.17, 15) is 14.0 Å². The van der Waals surface area contributed by atoms with E-state index in [1.807, 2.05) is 5.38 Å². The summed E-state index contributed by atoms with van der Waals surface area (Å²) in [7, 11) is 1.22. The van der Waals surface area contributed by atoms with Crippen LogP contribution in [0.5, 0.6) is 0 Å². The van der Waals surface area contributed by atoms with Crippen molar-refractivity contribution >= 4 is 56.4 Å². The highest BCUT2D eigenvalue weighted by molar-refractivity contribution is 8.18. The molecule has 2 heterocycles. The Bertz CT molecular complexity index is 918. The average molecular weight is 363 g/mol. The summed E-state index contributed by atoms with van der Waals surface area (Å²) in [6, 6.07) is 4.88. The Morgan fingerprint density at radius 3 is 3.00 bits per heavy atom. The Balaban J connectivity index is 1.81. The number of ether oxygens (including phenoxy) is 1. The molecule has 9 heteroatoms. The van der Waals surface area contributed by atoms with Gasteiger partial charge in [-0.3, -0.25) is 10.1 Å². The number of amidine groups is 1. The van der Waals surface area contributed by atoms with Gasteiger partial charge in [-0.1, -0.05) is 0 Å². The monoisotopic (exact) mass is 363 g/mol. The normalized spacial score (nSPS) is 18.0. The van der Waals surface area contributed by atoms with Gasteiger partial charge in [-0.05, 0) is 35.3 Å². The van der Waals surface area contributed by atoms with Gasteiger partial charge in [-0.15, -0.1) is 16.4 Å². The van der Waals surface area contributed by atoms with Gasteiger partial charge in [-0.25, -0.2) is 9.18 Å². The van der Waals surface area contributed by atoms with Gasteiger partial charge in [0.05, 0.1) is 18.2 Å². The third kappa shape index (κ3) is 3.36. The number of fused-ring (bicyclic) bond motifs is 1. The van der Waals surface area contributed by atoms with E-state index in [0.717, 1.165) is 27.9 Å². The molecule has 1 aliphatic heterocycles. The van der Waals surface area contributed by atoms with Gasteiger partial charge in [0.25, 0.3) is 5.91 Å². The van der Waals surface area contributed by atoms with Crippen LogP contribution in [0.1, 0.15) is 5.56 Å². The van der Waals surface area contributed by atoms with Gasteiger partial charge in [0.15, 0.2) is 5.17 Å². The third-order valence-corrected chi connectivity index (χ3v) is 4.84. The third-order valence-electron chi connectivity index (χ3n) is 3.06. The molecule has 0 bridgehead atoms. The van der Waals surface area contributed by atoms with Crippen LogP contribution in [0.3, 0.4) is 0 Å². The number of carbonyl (C=O) groups is 2. The fraction of sp³-hybridized carbons (Fsp3) is 0.0667. The summed E-state index contributed by atoms with van der Waals surface area (Å²) in [5.74, 6) is -1.51. The maximum atomic E-state index is 13.9. The zero-order chi connectivity index (χ0) is 17.1. The van der Waals surface area contributed by atoms with Gasteiger partial charge < -0.3 is 4.74 Å². The van der Waals surface area contributed by atoms with E-state index in [0.29, 0.717) is 5.56 Å². The zero-order valence-electron chi connectivity index (χ0n) is 12.3. The van der Waals surface area contributed by atoms with E-state index in [2.05, 4.69) is 20.3 Å². The van der Waals surface area contributed by atoms with Crippen molar-refractivity contribution in [3.8, 4) is 0 Å². The molecule has 0 radical (unpaired) electrons. The van der Waals surface area contributed by atoms with Crippen LogP contribution >= 0.6 is 23.1 Å². The number of hydrogen-bond donors (Lipinski definition) is 1. The van der Waals surface area contributed by atoms with Crippen LogP contribution in [-0.2, 0) is 14.3 Å². The van der Waals surface area contributed by atoms with E-state index in [-0.39, 0.29) is 10.1 Å². The van der Waals surface area contributed by atoms with Gasteiger partial charge in [-0.2, -0.15) is 5.10 Å². The second-order valence-corrected chi connectivity index (χ2v) is 6.51. The molecule has 1 aromatic heterocycles. The minimum absolute atomic E-state index is 0.155. The summed E-state index contributed by atoms with van der Waals surface area (Å²) in [5.41, 5.74) is 0.331. The molecule has 122 valence electrons. The highest BCUT2D eigenvalue weighted by atomic mass is 32.2. The number of methoxy groups -OCH3 is 1. The number of carbonyl (C=O) groups excluding carboxylic acids is 2. The Kier molecular flexibility index (Phi) is 4.72. The topological polar surface area (TPSA) is 80.1 Å². The van der Waals surface area contributed by atoms with Crippen molar-refractivity contribution in [2.45, 2.75) is 0 Å². The highest BCUT2D eigenvalue weighted by Gasteiger charge is 2.25. The number of rotatable bonds is 3. The minimum Gasteiger partial charge on any atom is -0.466 e. The summed E-state index contributed by atoms with van der Waals surface area (Å²) < 4.78 is 19.3. The van der Waals surface area contributed by atoms with Gasteiger partial charge >= 0.3 is 5.97 Å². The Labute approximate surface area is 144 Å². The van der Waals surface area contributed by atoms with Gasteiger partial charge in [0, 0.05) is 21.7 Å². The highest BCUT2D eigenvalue weighted by Crippen LogP contribution is 2.26. The molecule has 3 rings (SSSR count). The van der Waals surface area contributed by atoms with E-state index < -0.39 is 17.7 Å². The molecular weight excluding hydrogens is 353 g/mol. The lowest BCUT2D eigenvalue weighted by Gasteiger charge is -1.97. The first-order valence-electron chi connectivity index (χ1n) is 6.64. The second kappa shape index (κ2) is 6.93. The quantitative estimate of drug-likeness (QED) is 0.393. The van der Waals surface area contributed by atoms with E-state index in [4.69, 9.17) is 0 Å². The van der Waals surface area contributed by atoms with Crippen molar-refractivity contribution in [1.82, 2.24) is 5.32 Å². The number of esters is 1. The maximum absolute atomic E-state index is 13.9. The fourth-order valence-corrected chi connectivity index (χ4v) is 3.49. The summed E-state index contributed by atoms with van der Waals surface area (Å²) >= 11 is 2.45. The van der Waals surface area contributed by atoms with Gasteiger partial charge in [0.1, 0.15) is 5.82 Å². The SMILES string of the molecule is COC(=O)/C=C1/S/C(=N\N=Cc2c(F)ccc3sccc23)NC1=O. The van der Waals surface area contributed by atoms with E-state index in [1.165, 1.54) is 30.7 Å². The summed E-state index contributed by atoms with van der Waals surface area (Å²) in [6.45, 7) is 0. The molecule has 1 N–H and O–H groups in total. The zero-order valence-corrected chi connectivity index (χ0v) is 13.9. The lowest BCUT2D eigenvalue weighted by Crippen LogP contribution is -2.19. The predicted molar refractivity (Wildman–Crippen MR) is 92.6 cm³/mol. The van der Waals surface area contributed by atoms with Crippen LogP contribution in [0, 0.1) is 5.82 Å². The molecule has 1 fully saturated rings. The molecule has 0 unspecified atom stereocenters. The minimum atomic E-state index is -0.636.